The summed E-state index contributed by atoms with van der Waals surface area (Å²) in [5.74, 6) is 0.549. The normalized spacial score (nSPS) is 14.7. The standard InChI is InChI=1S/C24H27N3O3/c1-3-27-20-10-6-4-8-18(20)16-21(27)24(29)26-14-12-17(13-15-26)23(28)25-19-9-5-7-11-22(19)30-2/h4-11,16-17H,3,12-15H2,1-2H3,(H,25,28). The van der Waals surface area contributed by atoms with E-state index in [-0.39, 0.29) is 17.7 Å². The summed E-state index contributed by atoms with van der Waals surface area (Å²) in [7, 11) is 1.59. The number of nitrogens with zero attached hydrogens (tertiary/aromatic N) is 2. The Morgan fingerprint density at radius 3 is 2.50 bits per heavy atom. The van der Waals surface area contributed by atoms with Crippen LogP contribution in [0.5, 0.6) is 5.75 Å². The van der Waals surface area contributed by atoms with Gasteiger partial charge in [-0.2, -0.15) is 0 Å². The van der Waals surface area contributed by atoms with Gasteiger partial charge in [-0.15, -0.1) is 0 Å². The van der Waals surface area contributed by atoms with E-state index in [1.807, 2.05) is 59.5 Å². The molecule has 2 heterocycles. The van der Waals surface area contributed by atoms with Gasteiger partial charge in [0.05, 0.1) is 12.8 Å². The quantitative estimate of drug-likeness (QED) is 0.693. The number of piperidine rings is 1. The predicted molar refractivity (Wildman–Crippen MR) is 118 cm³/mol. The van der Waals surface area contributed by atoms with E-state index in [1.54, 1.807) is 7.11 Å². The van der Waals surface area contributed by atoms with Crippen molar-refractivity contribution in [2.45, 2.75) is 26.3 Å². The highest BCUT2D eigenvalue weighted by atomic mass is 16.5. The third kappa shape index (κ3) is 3.77. The Hall–Kier alpha value is -3.28. The van der Waals surface area contributed by atoms with Crippen molar-refractivity contribution in [2.24, 2.45) is 5.92 Å². The number of rotatable bonds is 5. The molecule has 1 saturated heterocycles. The van der Waals surface area contributed by atoms with E-state index >= 15 is 0 Å². The number of benzene rings is 2. The number of carbonyl (C=O) groups is 2. The number of carbonyl (C=O) groups excluding carboxylic acids is 2. The fraction of sp³-hybridized carbons (Fsp3) is 0.333. The van der Waals surface area contributed by atoms with E-state index in [4.69, 9.17) is 4.74 Å². The lowest BCUT2D eigenvalue weighted by molar-refractivity contribution is -0.121. The Bertz CT molecular complexity index is 1060. The number of aromatic nitrogens is 1. The predicted octanol–water partition coefficient (Wildman–Crippen LogP) is 4.16. The minimum Gasteiger partial charge on any atom is -0.495 e. The van der Waals surface area contributed by atoms with Crippen molar-refractivity contribution in [1.29, 1.82) is 0 Å². The summed E-state index contributed by atoms with van der Waals surface area (Å²) in [6, 6.07) is 17.4. The maximum absolute atomic E-state index is 13.2. The molecule has 0 aliphatic carbocycles. The van der Waals surface area contributed by atoms with Crippen LogP contribution in [0.1, 0.15) is 30.3 Å². The van der Waals surface area contributed by atoms with Crippen molar-refractivity contribution >= 4 is 28.4 Å². The van der Waals surface area contributed by atoms with Crippen molar-refractivity contribution in [3.8, 4) is 5.75 Å². The third-order valence-corrected chi connectivity index (χ3v) is 5.86. The molecule has 30 heavy (non-hydrogen) atoms. The highest BCUT2D eigenvalue weighted by Gasteiger charge is 2.29. The summed E-state index contributed by atoms with van der Waals surface area (Å²) in [6.45, 7) is 3.95. The molecule has 2 aromatic carbocycles. The summed E-state index contributed by atoms with van der Waals surface area (Å²) in [6.07, 6.45) is 1.30. The molecule has 1 aliphatic rings. The molecule has 2 amide bonds. The van der Waals surface area contributed by atoms with Gasteiger partial charge in [0.2, 0.25) is 5.91 Å². The van der Waals surface area contributed by atoms with Gasteiger partial charge in [-0.25, -0.2) is 0 Å². The van der Waals surface area contributed by atoms with Crippen LogP contribution >= 0.6 is 0 Å². The van der Waals surface area contributed by atoms with Gasteiger partial charge in [0.25, 0.3) is 5.91 Å². The minimum atomic E-state index is -0.115. The van der Waals surface area contributed by atoms with Crippen molar-refractivity contribution in [3.63, 3.8) is 0 Å². The lowest BCUT2D eigenvalue weighted by Gasteiger charge is -2.31. The molecule has 0 atom stereocenters. The van der Waals surface area contributed by atoms with Crippen LogP contribution in [0.25, 0.3) is 10.9 Å². The molecule has 0 unspecified atom stereocenters. The van der Waals surface area contributed by atoms with Crippen molar-refractivity contribution in [3.05, 3.63) is 60.3 Å². The average molecular weight is 405 g/mol. The molecular weight excluding hydrogens is 378 g/mol. The fourth-order valence-corrected chi connectivity index (χ4v) is 4.22. The highest BCUT2D eigenvalue weighted by molar-refractivity contribution is 5.99. The molecule has 156 valence electrons. The maximum atomic E-state index is 13.2. The van der Waals surface area contributed by atoms with Gasteiger partial charge >= 0.3 is 0 Å². The number of anilines is 1. The highest BCUT2D eigenvalue weighted by Crippen LogP contribution is 2.27. The van der Waals surface area contributed by atoms with E-state index < -0.39 is 0 Å². The van der Waals surface area contributed by atoms with E-state index in [9.17, 15) is 9.59 Å². The second-order valence-corrected chi connectivity index (χ2v) is 7.59. The van der Waals surface area contributed by atoms with Gasteiger partial charge in [0.15, 0.2) is 0 Å². The molecule has 0 spiro atoms. The van der Waals surface area contributed by atoms with Crippen LogP contribution in [0.4, 0.5) is 5.69 Å². The van der Waals surface area contributed by atoms with Crippen LogP contribution in [0.2, 0.25) is 0 Å². The monoisotopic (exact) mass is 405 g/mol. The average Bonchev–Trinajstić information content (AvgIpc) is 3.17. The number of para-hydroxylation sites is 3. The zero-order valence-corrected chi connectivity index (χ0v) is 17.4. The van der Waals surface area contributed by atoms with Crippen molar-refractivity contribution in [2.75, 3.05) is 25.5 Å². The zero-order valence-electron chi connectivity index (χ0n) is 17.4. The van der Waals surface area contributed by atoms with Gasteiger partial charge in [-0.1, -0.05) is 30.3 Å². The molecule has 6 nitrogen and oxygen atoms in total. The molecule has 6 heteroatoms. The summed E-state index contributed by atoms with van der Waals surface area (Å²) in [5.41, 5.74) is 2.47. The first-order chi connectivity index (χ1) is 14.6. The van der Waals surface area contributed by atoms with Crippen molar-refractivity contribution < 1.29 is 14.3 Å². The maximum Gasteiger partial charge on any atom is 0.270 e. The molecule has 0 saturated carbocycles. The lowest BCUT2D eigenvalue weighted by Crippen LogP contribution is -2.42. The van der Waals surface area contributed by atoms with Gasteiger partial charge < -0.3 is 19.5 Å². The summed E-state index contributed by atoms with van der Waals surface area (Å²) in [4.78, 5) is 27.8. The Morgan fingerprint density at radius 1 is 1.07 bits per heavy atom. The number of nitrogens with one attached hydrogen (secondary N) is 1. The molecule has 3 aromatic rings. The van der Waals surface area contributed by atoms with Gasteiger partial charge in [0.1, 0.15) is 11.4 Å². The van der Waals surface area contributed by atoms with Gasteiger partial charge in [0, 0.05) is 36.5 Å². The van der Waals surface area contributed by atoms with E-state index in [1.165, 1.54) is 0 Å². The summed E-state index contributed by atoms with van der Waals surface area (Å²) >= 11 is 0. The second kappa shape index (κ2) is 8.61. The number of hydrogen-bond donors (Lipinski definition) is 1. The Kier molecular flexibility index (Phi) is 5.74. The largest absolute Gasteiger partial charge is 0.495 e. The molecular formula is C24H27N3O3. The number of hydrogen-bond acceptors (Lipinski definition) is 3. The zero-order chi connectivity index (χ0) is 21.1. The first-order valence-corrected chi connectivity index (χ1v) is 10.4. The molecule has 1 N–H and O–H groups in total. The van der Waals surface area contributed by atoms with Crippen LogP contribution in [-0.4, -0.2) is 41.5 Å². The topological polar surface area (TPSA) is 63.6 Å². The Labute approximate surface area is 176 Å². The number of fused-ring (bicyclic) bond motifs is 1. The van der Waals surface area contributed by atoms with E-state index in [0.717, 1.165) is 23.1 Å². The second-order valence-electron chi connectivity index (χ2n) is 7.59. The SMILES string of the molecule is CCn1c(C(=O)N2CCC(C(=O)Nc3ccccc3OC)CC2)cc2ccccc21. The van der Waals surface area contributed by atoms with Crippen LogP contribution in [0.3, 0.4) is 0 Å². The third-order valence-electron chi connectivity index (χ3n) is 5.86. The molecule has 1 aromatic heterocycles. The molecule has 0 radical (unpaired) electrons. The minimum absolute atomic E-state index is 0.0192. The molecule has 4 rings (SSSR count). The first kappa shape index (κ1) is 20.0. The Balaban J connectivity index is 1.42. The van der Waals surface area contributed by atoms with Crippen molar-refractivity contribution in [1.82, 2.24) is 9.47 Å². The van der Waals surface area contributed by atoms with Crippen LogP contribution < -0.4 is 10.1 Å². The Morgan fingerprint density at radius 2 is 1.77 bits per heavy atom. The van der Waals surface area contributed by atoms with Crippen LogP contribution in [0.15, 0.2) is 54.6 Å². The smallest absolute Gasteiger partial charge is 0.270 e. The fourth-order valence-electron chi connectivity index (χ4n) is 4.22. The van der Waals surface area contributed by atoms with Gasteiger partial charge in [-0.3, -0.25) is 9.59 Å². The molecule has 0 bridgehead atoms. The summed E-state index contributed by atoms with van der Waals surface area (Å²) in [5, 5.41) is 4.05. The van der Waals surface area contributed by atoms with E-state index in [2.05, 4.69) is 16.8 Å². The van der Waals surface area contributed by atoms with Crippen LogP contribution in [0, 0.1) is 5.92 Å². The van der Waals surface area contributed by atoms with E-state index in [0.29, 0.717) is 37.4 Å². The number of methoxy groups -OCH3 is 1. The first-order valence-electron chi connectivity index (χ1n) is 10.4. The molecule has 1 fully saturated rings. The number of ether oxygens (including phenoxy) is 1. The number of amides is 2. The summed E-state index contributed by atoms with van der Waals surface area (Å²) < 4.78 is 7.38. The number of aryl methyl sites for hydroxylation is 1. The number of likely N-dealkylation sites (tertiary alicyclic amines) is 1. The lowest BCUT2D eigenvalue weighted by atomic mass is 9.95. The van der Waals surface area contributed by atoms with Gasteiger partial charge in [-0.05, 0) is 44.0 Å². The molecule has 1 aliphatic heterocycles. The van der Waals surface area contributed by atoms with Crippen LogP contribution in [-0.2, 0) is 11.3 Å².